The normalized spacial score (nSPS) is 14.6. The van der Waals surface area contributed by atoms with Crippen LogP contribution in [0.2, 0.25) is 0 Å². The van der Waals surface area contributed by atoms with Crippen LogP contribution in [-0.4, -0.2) is 0 Å². The van der Waals surface area contributed by atoms with Crippen LogP contribution in [0.5, 0.6) is 0 Å². The lowest BCUT2D eigenvalue weighted by atomic mass is 9.95. The number of hydrogen-bond acceptors (Lipinski definition) is 2. The number of fused-ring (bicyclic) bond motifs is 1. The molecule has 0 fully saturated rings. The summed E-state index contributed by atoms with van der Waals surface area (Å²) in [6.45, 7) is 0. The Kier molecular flexibility index (Phi) is 2.42. The van der Waals surface area contributed by atoms with E-state index in [1.165, 1.54) is 0 Å². The van der Waals surface area contributed by atoms with Gasteiger partial charge >= 0.3 is 0 Å². The van der Waals surface area contributed by atoms with Crippen molar-refractivity contribution in [1.82, 2.24) is 0 Å². The van der Waals surface area contributed by atoms with Crippen molar-refractivity contribution in [2.45, 2.75) is 25.7 Å². The first-order valence-electron chi connectivity index (χ1n) is 4.58. The van der Waals surface area contributed by atoms with Gasteiger partial charge in [-0.3, -0.25) is 0 Å². The zero-order valence-electron chi connectivity index (χ0n) is 7.59. The van der Waals surface area contributed by atoms with Crippen LogP contribution in [0.4, 0.5) is 0 Å². The van der Waals surface area contributed by atoms with E-state index in [-0.39, 0.29) is 0 Å². The van der Waals surface area contributed by atoms with Crippen LogP contribution < -0.4 is 4.73 Å². The van der Waals surface area contributed by atoms with Crippen LogP contribution in [0.25, 0.3) is 0 Å². The Morgan fingerprint density at radius 1 is 1.43 bits per heavy atom. The summed E-state index contributed by atoms with van der Waals surface area (Å²) in [5.74, 6) is 0. The van der Waals surface area contributed by atoms with Crippen LogP contribution in [0.1, 0.15) is 29.7 Å². The van der Waals surface area contributed by atoms with E-state index in [1.54, 1.807) is 0 Å². The van der Waals surface area contributed by atoms with E-state index in [9.17, 15) is 5.21 Å². The third-order valence-corrected chi connectivity index (χ3v) is 3.31. The summed E-state index contributed by atoms with van der Waals surface area (Å²) in [7, 11) is 0. The molecule has 0 saturated carbocycles. The van der Waals surface area contributed by atoms with Gasteiger partial charge in [-0.15, -0.1) is 0 Å². The lowest BCUT2D eigenvalue weighted by molar-refractivity contribution is -0.626. The molecule has 0 aromatic carbocycles. The SMILES string of the molecule is N#Cc1cc2c([n+]([O-])c1Br)CCCC2. The fraction of sp³-hybridized carbons (Fsp3) is 0.400. The zero-order chi connectivity index (χ0) is 10.1. The Morgan fingerprint density at radius 3 is 2.86 bits per heavy atom. The van der Waals surface area contributed by atoms with E-state index in [1.807, 2.05) is 12.1 Å². The van der Waals surface area contributed by atoms with Gasteiger partial charge < -0.3 is 5.21 Å². The first-order chi connectivity index (χ1) is 6.74. The minimum absolute atomic E-state index is 0.348. The van der Waals surface area contributed by atoms with Crippen molar-refractivity contribution in [1.29, 1.82) is 5.26 Å². The summed E-state index contributed by atoms with van der Waals surface area (Å²) in [6, 6.07) is 3.84. The molecule has 1 aromatic rings. The summed E-state index contributed by atoms with van der Waals surface area (Å²) < 4.78 is 1.20. The van der Waals surface area contributed by atoms with Crippen molar-refractivity contribution in [3.8, 4) is 6.07 Å². The lowest BCUT2D eigenvalue weighted by Gasteiger charge is -2.15. The summed E-state index contributed by atoms with van der Waals surface area (Å²) >= 11 is 3.15. The highest BCUT2D eigenvalue weighted by Gasteiger charge is 2.22. The minimum Gasteiger partial charge on any atom is -0.618 e. The molecular weight excluding hydrogens is 244 g/mol. The maximum atomic E-state index is 11.7. The van der Waals surface area contributed by atoms with Gasteiger partial charge in [0.2, 0.25) is 0 Å². The van der Waals surface area contributed by atoms with Gasteiger partial charge in [0, 0.05) is 27.9 Å². The third kappa shape index (κ3) is 1.38. The molecule has 0 unspecified atom stereocenters. The topological polar surface area (TPSA) is 50.7 Å². The number of pyridine rings is 1. The Hall–Kier alpha value is -1.08. The lowest BCUT2D eigenvalue weighted by Crippen LogP contribution is -2.37. The van der Waals surface area contributed by atoms with Crippen LogP contribution in [-0.2, 0) is 12.8 Å². The van der Waals surface area contributed by atoms with E-state index < -0.39 is 0 Å². The summed E-state index contributed by atoms with van der Waals surface area (Å²) in [4.78, 5) is 0. The third-order valence-electron chi connectivity index (χ3n) is 2.57. The molecule has 14 heavy (non-hydrogen) atoms. The van der Waals surface area contributed by atoms with Crippen molar-refractivity contribution in [2.24, 2.45) is 0 Å². The van der Waals surface area contributed by atoms with Gasteiger partial charge in [0.1, 0.15) is 11.6 Å². The zero-order valence-corrected chi connectivity index (χ0v) is 9.17. The largest absolute Gasteiger partial charge is 0.618 e. The number of nitrogens with zero attached hydrogens (tertiary/aromatic N) is 2. The average molecular weight is 253 g/mol. The number of aryl methyl sites for hydroxylation is 1. The van der Waals surface area contributed by atoms with Crippen molar-refractivity contribution < 1.29 is 4.73 Å². The highest BCUT2D eigenvalue weighted by atomic mass is 79.9. The van der Waals surface area contributed by atoms with Gasteiger partial charge in [-0.25, -0.2) is 0 Å². The van der Waals surface area contributed by atoms with Gasteiger partial charge in [0.25, 0.3) is 4.60 Å². The quantitative estimate of drug-likeness (QED) is 0.402. The van der Waals surface area contributed by atoms with Gasteiger partial charge in [-0.2, -0.15) is 9.99 Å². The molecule has 1 heterocycles. The molecule has 1 aliphatic rings. The number of hydrogen-bond donors (Lipinski definition) is 0. The predicted molar refractivity (Wildman–Crippen MR) is 54.5 cm³/mol. The van der Waals surface area contributed by atoms with E-state index in [0.29, 0.717) is 10.2 Å². The van der Waals surface area contributed by atoms with E-state index in [2.05, 4.69) is 15.9 Å². The van der Waals surface area contributed by atoms with E-state index in [0.717, 1.165) is 41.7 Å². The molecule has 0 bridgehead atoms. The highest BCUT2D eigenvalue weighted by Crippen LogP contribution is 2.22. The molecule has 4 heteroatoms. The number of halogens is 1. The van der Waals surface area contributed by atoms with Gasteiger partial charge in [0.05, 0.1) is 0 Å². The molecule has 2 rings (SSSR count). The Balaban J connectivity index is 2.64. The Bertz CT molecular complexity index is 423. The van der Waals surface area contributed by atoms with Crippen LogP contribution in [0, 0.1) is 16.5 Å². The number of nitriles is 1. The molecule has 0 amide bonds. The van der Waals surface area contributed by atoms with E-state index >= 15 is 0 Å². The van der Waals surface area contributed by atoms with E-state index in [4.69, 9.17) is 5.26 Å². The molecule has 0 atom stereocenters. The van der Waals surface area contributed by atoms with Gasteiger partial charge in [0.15, 0.2) is 5.69 Å². The monoisotopic (exact) mass is 252 g/mol. The predicted octanol–water partition coefficient (Wildman–Crippen LogP) is 1.83. The first-order valence-corrected chi connectivity index (χ1v) is 5.37. The second-order valence-corrected chi connectivity index (χ2v) is 4.19. The van der Waals surface area contributed by atoms with Crippen LogP contribution >= 0.6 is 15.9 Å². The smallest absolute Gasteiger partial charge is 0.277 e. The molecule has 1 aromatic heterocycles. The highest BCUT2D eigenvalue weighted by molar-refractivity contribution is 9.10. The molecule has 0 N–H and O–H groups in total. The molecule has 72 valence electrons. The molecule has 0 spiro atoms. The molecular formula is C10H9BrN2O. The standard InChI is InChI=1S/C10H9BrN2O/c11-10-8(6-12)5-7-3-1-2-4-9(7)13(10)14/h5H,1-4H2. The number of aromatic nitrogens is 1. The Morgan fingerprint density at radius 2 is 2.14 bits per heavy atom. The fourth-order valence-electron chi connectivity index (χ4n) is 1.84. The second kappa shape index (κ2) is 3.58. The summed E-state index contributed by atoms with van der Waals surface area (Å²) in [5, 5.41) is 20.5. The Labute approximate surface area is 90.7 Å². The van der Waals surface area contributed by atoms with Crippen molar-refractivity contribution in [3.63, 3.8) is 0 Å². The van der Waals surface area contributed by atoms with Crippen LogP contribution in [0.15, 0.2) is 10.7 Å². The fourth-order valence-corrected chi connectivity index (χ4v) is 2.26. The molecule has 1 aliphatic carbocycles. The molecule has 3 nitrogen and oxygen atoms in total. The second-order valence-electron chi connectivity index (χ2n) is 3.43. The van der Waals surface area contributed by atoms with Gasteiger partial charge in [-0.05, 0) is 25.3 Å². The molecule has 0 aliphatic heterocycles. The maximum absolute atomic E-state index is 11.7. The average Bonchev–Trinajstić information content (AvgIpc) is 2.23. The number of rotatable bonds is 0. The van der Waals surface area contributed by atoms with Crippen molar-refractivity contribution in [2.75, 3.05) is 0 Å². The first kappa shape index (κ1) is 9.47. The maximum Gasteiger partial charge on any atom is 0.277 e. The molecule has 0 radical (unpaired) electrons. The molecule has 0 saturated heterocycles. The van der Waals surface area contributed by atoms with Crippen molar-refractivity contribution in [3.05, 3.63) is 32.7 Å². The minimum atomic E-state index is 0.348. The van der Waals surface area contributed by atoms with Crippen molar-refractivity contribution >= 4 is 15.9 Å². The van der Waals surface area contributed by atoms with Gasteiger partial charge in [-0.1, -0.05) is 0 Å². The summed E-state index contributed by atoms with van der Waals surface area (Å²) in [5.41, 5.74) is 2.29. The summed E-state index contributed by atoms with van der Waals surface area (Å²) in [6.07, 6.45) is 3.91. The van der Waals surface area contributed by atoms with Crippen LogP contribution in [0.3, 0.4) is 0 Å².